The number of thiophene rings is 1. The first kappa shape index (κ1) is 19.4. The number of fused-ring (bicyclic) bond motifs is 1. The summed E-state index contributed by atoms with van der Waals surface area (Å²) in [6.45, 7) is 7.85. The minimum absolute atomic E-state index is 0.191. The summed E-state index contributed by atoms with van der Waals surface area (Å²) >= 11 is 2.71. The van der Waals surface area contributed by atoms with Crippen molar-refractivity contribution in [2.24, 2.45) is 0 Å². The monoisotopic (exact) mass is 403 g/mol. The minimum Gasteiger partial charge on any atom is -0.462 e. The Morgan fingerprint density at radius 3 is 2.81 bits per heavy atom. The van der Waals surface area contributed by atoms with Crippen LogP contribution in [0.4, 0.5) is 5.00 Å². The van der Waals surface area contributed by atoms with Gasteiger partial charge < -0.3 is 15.0 Å². The van der Waals surface area contributed by atoms with Gasteiger partial charge in [0.1, 0.15) is 5.00 Å². The Balaban J connectivity index is 1.68. The summed E-state index contributed by atoms with van der Waals surface area (Å²) in [5, 5.41) is 4.07. The van der Waals surface area contributed by atoms with Gasteiger partial charge in [0.05, 0.1) is 29.0 Å². The number of rotatable bonds is 6. The van der Waals surface area contributed by atoms with Crippen molar-refractivity contribution >= 4 is 51.0 Å². The molecule has 27 heavy (non-hydrogen) atoms. The van der Waals surface area contributed by atoms with E-state index in [-0.39, 0.29) is 11.7 Å². The predicted molar refractivity (Wildman–Crippen MR) is 110 cm³/mol. The fourth-order valence-corrected chi connectivity index (χ4v) is 4.38. The number of carbonyl (C=O) groups is 2. The Hall–Kier alpha value is -2.32. The van der Waals surface area contributed by atoms with Crippen LogP contribution in [0.3, 0.4) is 0 Å². The quantitative estimate of drug-likeness (QED) is 0.469. The normalized spacial score (nSPS) is 11.0. The van der Waals surface area contributed by atoms with Gasteiger partial charge in [-0.25, -0.2) is 9.78 Å². The van der Waals surface area contributed by atoms with Gasteiger partial charge in [-0.3, -0.25) is 4.79 Å². The van der Waals surface area contributed by atoms with E-state index < -0.39 is 5.97 Å². The Kier molecular flexibility index (Phi) is 5.86. The summed E-state index contributed by atoms with van der Waals surface area (Å²) in [7, 11) is 0. The molecule has 0 aliphatic carbocycles. The zero-order chi connectivity index (χ0) is 19.6. The van der Waals surface area contributed by atoms with E-state index in [9.17, 15) is 9.59 Å². The Morgan fingerprint density at radius 1 is 1.30 bits per heavy atom. The second-order valence-corrected chi connectivity index (χ2v) is 8.30. The molecule has 6 nitrogen and oxygen atoms in total. The van der Waals surface area contributed by atoms with E-state index >= 15 is 0 Å². The van der Waals surface area contributed by atoms with Crippen LogP contribution >= 0.6 is 23.1 Å². The molecule has 2 heterocycles. The zero-order valence-electron chi connectivity index (χ0n) is 15.6. The van der Waals surface area contributed by atoms with Crippen LogP contribution in [0.25, 0.3) is 11.0 Å². The van der Waals surface area contributed by atoms with E-state index in [4.69, 9.17) is 4.74 Å². The number of H-pyrrole nitrogens is 1. The summed E-state index contributed by atoms with van der Waals surface area (Å²) in [4.78, 5) is 33.3. The van der Waals surface area contributed by atoms with Gasteiger partial charge in [-0.05, 0) is 51.0 Å². The van der Waals surface area contributed by atoms with Crippen molar-refractivity contribution < 1.29 is 14.3 Å². The van der Waals surface area contributed by atoms with Gasteiger partial charge in [0, 0.05) is 4.88 Å². The molecule has 1 amide bonds. The van der Waals surface area contributed by atoms with Crippen molar-refractivity contribution in [1.82, 2.24) is 9.97 Å². The smallest absolute Gasteiger partial charge is 0.341 e. The van der Waals surface area contributed by atoms with Crippen LogP contribution < -0.4 is 5.32 Å². The van der Waals surface area contributed by atoms with Crippen LogP contribution in [0.5, 0.6) is 0 Å². The molecule has 3 aromatic rings. The Morgan fingerprint density at radius 2 is 2.07 bits per heavy atom. The van der Waals surface area contributed by atoms with E-state index in [1.807, 2.05) is 39.0 Å². The van der Waals surface area contributed by atoms with Crippen molar-refractivity contribution in [2.75, 3.05) is 17.7 Å². The van der Waals surface area contributed by atoms with Crippen molar-refractivity contribution in [1.29, 1.82) is 0 Å². The minimum atomic E-state index is -0.407. The van der Waals surface area contributed by atoms with E-state index in [2.05, 4.69) is 15.3 Å². The molecule has 0 atom stereocenters. The van der Waals surface area contributed by atoms with Crippen LogP contribution in [0.15, 0.2) is 23.4 Å². The van der Waals surface area contributed by atoms with Crippen LogP contribution in [-0.2, 0) is 9.53 Å². The van der Waals surface area contributed by atoms with Crippen molar-refractivity contribution in [3.05, 3.63) is 39.8 Å². The third-order valence-electron chi connectivity index (χ3n) is 4.07. The molecule has 0 saturated heterocycles. The summed E-state index contributed by atoms with van der Waals surface area (Å²) in [5.74, 6) is -0.407. The molecule has 0 spiro atoms. The highest BCUT2D eigenvalue weighted by Crippen LogP contribution is 2.33. The SMILES string of the molecule is CCOC(=O)c1c(NC(=O)CSc2nc3ccc(C)cc3[nH]2)sc(C)c1C. The number of ether oxygens (including phenoxy) is 1. The molecule has 0 aliphatic rings. The first-order valence-corrected chi connectivity index (χ1v) is 10.4. The number of hydrogen-bond acceptors (Lipinski definition) is 6. The number of amides is 1. The molecule has 142 valence electrons. The number of aromatic nitrogens is 2. The van der Waals surface area contributed by atoms with Gasteiger partial charge in [0.15, 0.2) is 5.16 Å². The zero-order valence-corrected chi connectivity index (χ0v) is 17.3. The fraction of sp³-hybridized carbons (Fsp3) is 0.316. The van der Waals surface area contributed by atoms with Gasteiger partial charge in [0.2, 0.25) is 5.91 Å². The number of thioether (sulfide) groups is 1. The van der Waals surface area contributed by atoms with Gasteiger partial charge >= 0.3 is 5.97 Å². The van der Waals surface area contributed by atoms with Gasteiger partial charge in [-0.2, -0.15) is 0 Å². The summed E-state index contributed by atoms with van der Waals surface area (Å²) in [6.07, 6.45) is 0. The number of aromatic amines is 1. The van der Waals surface area contributed by atoms with Gasteiger partial charge in [0.25, 0.3) is 0 Å². The van der Waals surface area contributed by atoms with Crippen molar-refractivity contribution in [3.8, 4) is 0 Å². The number of anilines is 1. The molecular formula is C19H21N3O3S2. The number of hydrogen-bond donors (Lipinski definition) is 2. The van der Waals surface area contributed by atoms with E-state index in [0.717, 1.165) is 27.0 Å². The summed E-state index contributed by atoms with van der Waals surface area (Å²) in [6, 6.07) is 5.98. The molecule has 0 aliphatic heterocycles. The topological polar surface area (TPSA) is 84.1 Å². The van der Waals surface area contributed by atoms with Crippen LogP contribution in [0.2, 0.25) is 0 Å². The van der Waals surface area contributed by atoms with Crippen LogP contribution in [0, 0.1) is 20.8 Å². The Bertz CT molecular complexity index is 1010. The van der Waals surface area contributed by atoms with Crippen LogP contribution in [0.1, 0.15) is 33.3 Å². The van der Waals surface area contributed by atoms with Gasteiger partial charge in [-0.15, -0.1) is 11.3 Å². The first-order valence-electron chi connectivity index (χ1n) is 8.55. The summed E-state index contributed by atoms with van der Waals surface area (Å²) < 4.78 is 5.11. The number of aryl methyl sites for hydroxylation is 2. The predicted octanol–water partition coefficient (Wildman–Crippen LogP) is 4.46. The highest BCUT2D eigenvalue weighted by atomic mass is 32.2. The lowest BCUT2D eigenvalue weighted by Crippen LogP contribution is -2.16. The number of nitrogens with zero attached hydrogens (tertiary/aromatic N) is 1. The standard InChI is InChI=1S/C19H21N3O3S2/c1-5-25-18(24)16-11(3)12(4)27-17(16)22-15(23)9-26-19-20-13-7-6-10(2)8-14(13)21-19/h6-8H,5,9H2,1-4H3,(H,20,21)(H,22,23). The highest BCUT2D eigenvalue weighted by molar-refractivity contribution is 7.99. The molecule has 0 unspecified atom stereocenters. The summed E-state index contributed by atoms with van der Waals surface area (Å²) in [5.41, 5.74) is 4.26. The lowest BCUT2D eigenvalue weighted by molar-refractivity contribution is -0.113. The maximum absolute atomic E-state index is 12.4. The fourth-order valence-electron chi connectivity index (χ4n) is 2.63. The lowest BCUT2D eigenvalue weighted by atomic mass is 10.1. The van der Waals surface area contributed by atoms with E-state index in [1.54, 1.807) is 6.92 Å². The number of esters is 1. The molecule has 0 radical (unpaired) electrons. The van der Waals surface area contributed by atoms with Crippen molar-refractivity contribution in [3.63, 3.8) is 0 Å². The number of imidazole rings is 1. The second kappa shape index (κ2) is 8.14. The van der Waals surface area contributed by atoms with E-state index in [1.165, 1.54) is 23.1 Å². The van der Waals surface area contributed by atoms with Gasteiger partial charge in [-0.1, -0.05) is 17.8 Å². The van der Waals surface area contributed by atoms with Crippen LogP contribution in [-0.4, -0.2) is 34.2 Å². The number of nitrogens with one attached hydrogen (secondary N) is 2. The molecular weight excluding hydrogens is 382 g/mol. The van der Waals surface area contributed by atoms with Crippen molar-refractivity contribution in [2.45, 2.75) is 32.9 Å². The Labute approximate surface area is 165 Å². The maximum Gasteiger partial charge on any atom is 0.341 e. The first-order chi connectivity index (χ1) is 12.9. The molecule has 1 aromatic carbocycles. The van der Waals surface area contributed by atoms with E-state index in [0.29, 0.717) is 22.3 Å². The molecule has 8 heteroatoms. The molecule has 2 aromatic heterocycles. The largest absolute Gasteiger partial charge is 0.462 e. The lowest BCUT2D eigenvalue weighted by Gasteiger charge is -2.06. The molecule has 0 saturated carbocycles. The molecule has 0 bridgehead atoms. The number of carbonyl (C=O) groups excluding carboxylic acids is 2. The number of benzene rings is 1. The average Bonchev–Trinajstić information content (AvgIpc) is 3.13. The third-order valence-corrected chi connectivity index (χ3v) is 6.07. The average molecular weight is 404 g/mol. The molecule has 2 N–H and O–H groups in total. The molecule has 3 rings (SSSR count). The second-order valence-electron chi connectivity index (χ2n) is 6.11. The third kappa shape index (κ3) is 4.33. The molecule has 0 fully saturated rings. The maximum atomic E-state index is 12.4. The highest BCUT2D eigenvalue weighted by Gasteiger charge is 2.22.